The number of ether oxygens (including phenoxy) is 2. The molecule has 0 aliphatic rings. The molecule has 0 heterocycles. The second-order valence-corrected chi connectivity index (χ2v) is 11.7. The van der Waals surface area contributed by atoms with Gasteiger partial charge < -0.3 is 14.4 Å². The standard InChI is InChI=1S/C35H42N4O6/c1-7-35(5,33(41)44-6)25-34(3,4)32(40)45-24-23-38(8-2)30-21-17-29(18-22-30)37-36-28-15-11-26(12-16-28)9-10-27-13-19-31(20-14-27)39(42)43/h9-22H,7-8,23-25H2,1-6H3/b10-9+,37-36?. The maximum Gasteiger partial charge on any atom is 0.311 e. The molecule has 0 bridgehead atoms. The predicted molar refractivity (Wildman–Crippen MR) is 177 cm³/mol. The van der Waals surface area contributed by atoms with Crippen molar-refractivity contribution in [3.05, 3.63) is 94.0 Å². The first-order valence-electron chi connectivity index (χ1n) is 15.0. The highest BCUT2D eigenvalue weighted by Gasteiger charge is 2.42. The van der Waals surface area contributed by atoms with Gasteiger partial charge in [0.2, 0.25) is 0 Å². The molecule has 0 aliphatic heterocycles. The molecule has 0 spiro atoms. The molecule has 45 heavy (non-hydrogen) atoms. The summed E-state index contributed by atoms with van der Waals surface area (Å²) >= 11 is 0. The van der Waals surface area contributed by atoms with E-state index in [-0.39, 0.29) is 24.2 Å². The third kappa shape index (κ3) is 9.82. The minimum atomic E-state index is -0.838. The highest BCUT2D eigenvalue weighted by Crippen LogP contribution is 2.38. The van der Waals surface area contributed by atoms with Gasteiger partial charge in [-0.15, -0.1) is 0 Å². The Balaban J connectivity index is 1.52. The molecule has 1 unspecified atom stereocenters. The number of nitro benzene ring substituents is 1. The molecular weight excluding hydrogens is 572 g/mol. The summed E-state index contributed by atoms with van der Waals surface area (Å²) in [6.45, 7) is 10.8. The first-order chi connectivity index (χ1) is 21.4. The van der Waals surface area contributed by atoms with Crippen LogP contribution in [0.25, 0.3) is 12.2 Å². The van der Waals surface area contributed by atoms with E-state index in [0.717, 1.165) is 23.4 Å². The fraction of sp³-hybridized carbons (Fsp3) is 0.371. The van der Waals surface area contributed by atoms with E-state index in [9.17, 15) is 19.7 Å². The van der Waals surface area contributed by atoms with Gasteiger partial charge >= 0.3 is 11.9 Å². The minimum absolute atomic E-state index is 0.0622. The Kier molecular flexibility index (Phi) is 12.1. The lowest BCUT2D eigenvalue weighted by Crippen LogP contribution is -2.39. The number of rotatable bonds is 15. The van der Waals surface area contributed by atoms with Crippen LogP contribution in [-0.2, 0) is 19.1 Å². The molecule has 0 radical (unpaired) electrons. The Labute approximate surface area is 264 Å². The predicted octanol–water partition coefficient (Wildman–Crippen LogP) is 8.56. The molecule has 3 rings (SSSR count). The van der Waals surface area contributed by atoms with Crippen molar-refractivity contribution in [2.24, 2.45) is 21.1 Å². The van der Waals surface area contributed by atoms with Gasteiger partial charge in [0.25, 0.3) is 5.69 Å². The average Bonchev–Trinajstić information content (AvgIpc) is 3.05. The van der Waals surface area contributed by atoms with Crippen molar-refractivity contribution in [3.63, 3.8) is 0 Å². The lowest BCUT2D eigenvalue weighted by Gasteiger charge is -2.33. The van der Waals surface area contributed by atoms with Gasteiger partial charge in [-0.25, -0.2) is 0 Å². The van der Waals surface area contributed by atoms with E-state index < -0.39 is 15.8 Å². The molecule has 0 N–H and O–H groups in total. The van der Waals surface area contributed by atoms with Gasteiger partial charge in [-0.05, 0) is 100 Å². The molecule has 10 nitrogen and oxygen atoms in total. The van der Waals surface area contributed by atoms with E-state index in [0.29, 0.717) is 30.8 Å². The topological polar surface area (TPSA) is 124 Å². The molecule has 3 aromatic rings. The summed E-state index contributed by atoms with van der Waals surface area (Å²) in [5.41, 5.74) is 2.68. The van der Waals surface area contributed by atoms with Gasteiger partial charge in [-0.3, -0.25) is 19.7 Å². The molecule has 0 fully saturated rings. The van der Waals surface area contributed by atoms with Crippen LogP contribution in [0.3, 0.4) is 0 Å². The Morgan fingerprint density at radius 2 is 1.36 bits per heavy atom. The monoisotopic (exact) mass is 614 g/mol. The van der Waals surface area contributed by atoms with Crippen LogP contribution in [-0.4, -0.2) is 43.7 Å². The summed E-state index contributed by atoms with van der Waals surface area (Å²) in [5.74, 6) is -0.665. The van der Waals surface area contributed by atoms with E-state index in [1.165, 1.54) is 19.2 Å². The number of carbonyl (C=O) groups is 2. The Morgan fingerprint density at radius 3 is 1.82 bits per heavy atom. The molecule has 3 aromatic carbocycles. The highest BCUT2D eigenvalue weighted by molar-refractivity contribution is 5.80. The lowest BCUT2D eigenvalue weighted by molar-refractivity contribution is -0.384. The third-order valence-electron chi connectivity index (χ3n) is 7.78. The van der Waals surface area contributed by atoms with E-state index in [1.54, 1.807) is 26.0 Å². The van der Waals surface area contributed by atoms with Crippen molar-refractivity contribution in [2.45, 2.75) is 47.5 Å². The van der Waals surface area contributed by atoms with Crippen LogP contribution in [0.4, 0.5) is 22.7 Å². The summed E-state index contributed by atoms with van der Waals surface area (Å²) in [5, 5.41) is 19.5. The zero-order chi connectivity index (χ0) is 33.0. The van der Waals surface area contributed by atoms with Gasteiger partial charge in [0.05, 0.1) is 40.8 Å². The number of likely N-dealkylation sites (N-methyl/N-ethyl adjacent to an activating group) is 1. The maximum atomic E-state index is 12.9. The minimum Gasteiger partial charge on any atom is -0.469 e. The highest BCUT2D eigenvalue weighted by atomic mass is 16.6. The number of hydrogen-bond donors (Lipinski definition) is 0. The number of carbonyl (C=O) groups excluding carboxylic acids is 2. The number of nitrogens with zero attached hydrogens (tertiary/aromatic N) is 4. The van der Waals surface area contributed by atoms with Crippen LogP contribution in [0, 0.1) is 20.9 Å². The maximum absolute atomic E-state index is 12.9. The van der Waals surface area contributed by atoms with Crippen molar-refractivity contribution >= 4 is 46.8 Å². The number of hydrogen-bond acceptors (Lipinski definition) is 9. The number of azo groups is 1. The van der Waals surface area contributed by atoms with Crippen LogP contribution >= 0.6 is 0 Å². The quantitative estimate of drug-likeness (QED) is 0.0552. The van der Waals surface area contributed by atoms with Crippen molar-refractivity contribution in [1.82, 2.24) is 0 Å². The molecule has 0 saturated heterocycles. The van der Waals surface area contributed by atoms with Crippen LogP contribution in [0.5, 0.6) is 0 Å². The fourth-order valence-corrected chi connectivity index (χ4v) is 4.95. The summed E-state index contributed by atoms with van der Waals surface area (Å²) in [6, 6.07) is 21.6. The molecule has 1 atom stereocenters. The first kappa shape index (κ1) is 34.6. The smallest absolute Gasteiger partial charge is 0.311 e. The van der Waals surface area contributed by atoms with Gasteiger partial charge in [-0.2, -0.15) is 10.2 Å². The molecule has 0 aliphatic carbocycles. The Morgan fingerprint density at radius 1 is 0.844 bits per heavy atom. The molecule has 0 amide bonds. The van der Waals surface area contributed by atoms with Crippen molar-refractivity contribution in [2.75, 3.05) is 31.7 Å². The molecule has 0 saturated carbocycles. The normalized spacial score (nSPS) is 13.0. The molecule has 0 aromatic heterocycles. The zero-order valence-corrected chi connectivity index (χ0v) is 26.9. The number of nitro groups is 1. The number of benzene rings is 3. The van der Waals surface area contributed by atoms with Crippen molar-refractivity contribution < 1.29 is 24.0 Å². The number of methoxy groups -OCH3 is 1. The third-order valence-corrected chi connectivity index (χ3v) is 7.78. The zero-order valence-electron chi connectivity index (χ0n) is 26.9. The second kappa shape index (κ2) is 15.7. The SMILES string of the molecule is CCN(CCOC(=O)C(C)(C)CC(C)(CC)C(=O)OC)c1ccc(N=Nc2ccc(/C=C/c3ccc([N+](=O)[O-])cc3)cc2)cc1. The van der Waals surface area contributed by atoms with E-state index >= 15 is 0 Å². The largest absolute Gasteiger partial charge is 0.469 e. The van der Waals surface area contributed by atoms with E-state index in [1.807, 2.05) is 81.5 Å². The van der Waals surface area contributed by atoms with E-state index in [2.05, 4.69) is 15.1 Å². The molecule has 238 valence electrons. The number of non-ortho nitro benzene ring substituents is 1. The summed E-state index contributed by atoms with van der Waals surface area (Å²) < 4.78 is 10.6. The molecule has 10 heteroatoms. The van der Waals surface area contributed by atoms with Gasteiger partial charge in [0, 0.05) is 24.4 Å². The first-order valence-corrected chi connectivity index (χ1v) is 15.0. The van der Waals surface area contributed by atoms with E-state index in [4.69, 9.17) is 9.47 Å². The summed E-state index contributed by atoms with van der Waals surface area (Å²) in [4.78, 5) is 37.7. The summed E-state index contributed by atoms with van der Waals surface area (Å²) in [6.07, 6.45) is 4.71. The molecular formula is C35H42N4O6. The average molecular weight is 615 g/mol. The van der Waals surface area contributed by atoms with Crippen LogP contribution < -0.4 is 4.90 Å². The van der Waals surface area contributed by atoms with Crippen LogP contribution in [0.1, 0.15) is 58.6 Å². The lowest BCUT2D eigenvalue weighted by atomic mass is 9.72. The second-order valence-electron chi connectivity index (χ2n) is 11.7. The number of anilines is 1. The van der Waals surface area contributed by atoms with Gasteiger partial charge in [0.1, 0.15) is 6.61 Å². The Hall–Kier alpha value is -4.86. The van der Waals surface area contributed by atoms with Crippen LogP contribution in [0.15, 0.2) is 83.0 Å². The number of esters is 2. The summed E-state index contributed by atoms with van der Waals surface area (Å²) in [7, 11) is 1.36. The van der Waals surface area contributed by atoms with Gasteiger partial charge in [-0.1, -0.05) is 31.2 Å². The Bertz CT molecular complexity index is 1500. The fourth-order valence-electron chi connectivity index (χ4n) is 4.95. The van der Waals surface area contributed by atoms with Crippen molar-refractivity contribution in [1.29, 1.82) is 0 Å². The van der Waals surface area contributed by atoms with Crippen molar-refractivity contribution in [3.8, 4) is 0 Å². The van der Waals surface area contributed by atoms with Gasteiger partial charge in [0.15, 0.2) is 0 Å². The van der Waals surface area contributed by atoms with Crippen LogP contribution in [0.2, 0.25) is 0 Å².